The standard InChI is InChI=1S/C9H11.Al.3H/c1-2-6-9-7-4-3-5-8-9;;;;/h2-5,7-8H,6H2,1H3;;;;. The monoisotopic (exact) mass is 149 g/mol. The van der Waals surface area contributed by atoms with Crippen molar-refractivity contribution in [1.29, 1.82) is 0 Å². The van der Waals surface area contributed by atoms with Crippen LogP contribution in [0.25, 0.3) is 0 Å². The van der Waals surface area contributed by atoms with Crippen LogP contribution in [0.3, 0.4) is 0 Å². The van der Waals surface area contributed by atoms with Gasteiger partial charge < -0.3 is 0 Å². The summed E-state index contributed by atoms with van der Waals surface area (Å²) in [5, 5.41) is 0. The Morgan fingerprint density at radius 3 is 2.30 bits per heavy atom. The van der Waals surface area contributed by atoms with E-state index in [-0.39, 0.29) is 17.4 Å². The average Bonchev–Trinajstić information content (AvgIpc) is 1.91. The molecule has 0 aliphatic carbocycles. The molecule has 0 amide bonds. The third kappa shape index (κ3) is 3.06. The molecule has 0 atom stereocenters. The number of hydrogen-bond donors (Lipinski definition) is 0. The quantitative estimate of drug-likeness (QED) is 0.555. The minimum Gasteiger partial charge on any atom is -0.0622 e. The number of rotatable bonds is 2. The normalized spacial score (nSPS) is 8.50. The van der Waals surface area contributed by atoms with Crippen LogP contribution in [0.2, 0.25) is 0 Å². The van der Waals surface area contributed by atoms with Crippen LogP contribution in [0.5, 0.6) is 0 Å². The Hall–Kier alpha value is -0.248. The molecular formula is C9H14Al. The molecule has 0 fully saturated rings. The molecule has 0 aliphatic rings. The zero-order valence-electron chi connectivity index (χ0n) is 5.67. The van der Waals surface area contributed by atoms with Crippen LogP contribution >= 0.6 is 0 Å². The summed E-state index contributed by atoms with van der Waals surface area (Å²) in [5.41, 5.74) is 1.39. The fourth-order valence-electron chi connectivity index (χ4n) is 0.850. The predicted octanol–water partition coefficient (Wildman–Crippen LogP) is 1.27. The molecule has 0 spiro atoms. The third-order valence-corrected chi connectivity index (χ3v) is 1.28. The molecule has 1 heteroatoms. The van der Waals surface area contributed by atoms with Crippen molar-refractivity contribution in [1.82, 2.24) is 0 Å². The molecule has 0 aromatic heterocycles. The molecule has 0 unspecified atom stereocenters. The molecule has 0 saturated heterocycles. The van der Waals surface area contributed by atoms with Crippen molar-refractivity contribution in [3.05, 3.63) is 42.3 Å². The van der Waals surface area contributed by atoms with Gasteiger partial charge in [-0.1, -0.05) is 37.3 Å². The summed E-state index contributed by atoms with van der Waals surface area (Å²) in [5.74, 6) is 0. The molecule has 0 bridgehead atoms. The van der Waals surface area contributed by atoms with Gasteiger partial charge in [-0.2, -0.15) is 0 Å². The number of hydrogen-bond acceptors (Lipinski definition) is 0. The van der Waals surface area contributed by atoms with Gasteiger partial charge in [0.25, 0.3) is 0 Å². The summed E-state index contributed by atoms with van der Waals surface area (Å²) in [6, 6.07) is 10.5. The van der Waals surface area contributed by atoms with Crippen LogP contribution in [-0.2, 0) is 6.42 Å². The molecule has 0 N–H and O–H groups in total. The molecular weight excluding hydrogens is 135 g/mol. The Bertz CT molecular complexity index is 158. The molecule has 10 heavy (non-hydrogen) atoms. The first-order chi connectivity index (χ1) is 4.43. The molecule has 1 aromatic carbocycles. The van der Waals surface area contributed by atoms with Gasteiger partial charge in [0.05, 0.1) is 0 Å². The molecule has 53 valence electrons. The van der Waals surface area contributed by atoms with Crippen LogP contribution in [0.1, 0.15) is 12.5 Å². The highest BCUT2D eigenvalue weighted by atomic mass is 27.0. The topological polar surface area (TPSA) is 0 Å². The van der Waals surface area contributed by atoms with Gasteiger partial charge in [0.1, 0.15) is 0 Å². The fraction of sp³-hybridized carbons (Fsp3) is 0.222. The lowest BCUT2D eigenvalue weighted by atomic mass is 10.1. The van der Waals surface area contributed by atoms with E-state index in [2.05, 4.69) is 37.6 Å². The minimum atomic E-state index is 0. The van der Waals surface area contributed by atoms with E-state index in [1.54, 1.807) is 0 Å². The van der Waals surface area contributed by atoms with E-state index in [9.17, 15) is 0 Å². The second-order valence-corrected chi connectivity index (χ2v) is 2.10. The Balaban J connectivity index is 0.000000810. The summed E-state index contributed by atoms with van der Waals surface area (Å²) in [6.07, 6.45) is 3.25. The molecule has 0 aliphatic heterocycles. The first-order valence-electron chi connectivity index (χ1n) is 3.25. The van der Waals surface area contributed by atoms with E-state index in [0.717, 1.165) is 6.42 Å². The molecule has 0 heterocycles. The number of benzene rings is 1. The second kappa shape index (κ2) is 5.53. The zero-order valence-corrected chi connectivity index (χ0v) is 5.67. The maximum absolute atomic E-state index is 2.16. The van der Waals surface area contributed by atoms with E-state index < -0.39 is 0 Å². The molecule has 1 rings (SSSR count). The Labute approximate surface area is 73.4 Å². The Morgan fingerprint density at radius 1 is 1.20 bits per heavy atom. The first-order valence-corrected chi connectivity index (χ1v) is 3.25. The van der Waals surface area contributed by atoms with Crippen molar-refractivity contribution in [2.75, 3.05) is 0 Å². The van der Waals surface area contributed by atoms with Crippen LogP contribution in [0, 0.1) is 6.42 Å². The highest BCUT2D eigenvalue weighted by Gasteiger charge is 1.84. The van der Waals surface area contributed by atoms with Crippen molar-refractivity contribution in [2.45, 2.75) is 13.3 Å². The van der Waals surface area contributed by atoms with E-state index >= 15 is 0 Å². The van der Waals surface area contributed by atoms with E-state index in [1.807, 2.05) is 6.07 Å². The molecule has 0 nitrogen and oxygen atoms in total. The Kier molecular flexibility index (Phi) is 5.39. The van der Waals surface area contributed by atoms with Gasteiger partial charge >= 0.3 is 0 Å². The van der Waals surface area contributed by atoms with Gasteiger partial charge in [-0.25, -0.2) is 0 Å². The van der Waals surface area contributed by atoms with Crippen LogP contribution in [-0.4, -0.2) is 17.4 Å². The molecule has 1 radical (unpaired) electrons. The molecule has 1 aromatic rings. The van der Waals surface area contributed by atoms with Crippen LogP contribution < -0.4 is 0 Å². The van der Waals surface area contributed by atoms with E-state index in [4.69, 9.17) is 0 Å². The van der Waals surface area contributed by atoms with Crippen molar-refractivity contribution in [2.24, 2.45) is 0 Å². The van der Waals surface area contributed by atoms with Crippen molar-refractivity contribution in [3.8, 4) is 0 Å². The van der Waals surface area contributed by atoms with Crippen molar-refractivity contribution in [3.63, 3.8) is 0 Å². The van der Waals surface area contributed by atoms with Crippen LogP contribution in [0.15, 0.2) is 30.3 Å². The van der Waals surface area contributed by atoms with Gasteiger partial charge in [-0.15, -0.1) is 0 Å². The summed E-state index contributed by atoms with van der Waals surface area (Å²) < 4.78 is 0. The van der Waals surface area contributed by atoms with Crippen LogP contribution in [0.4, 0.5) is 0 Å². The largest absolute Gasteiger partial charge is 0.187 e. The van der Waals surface area contributed by atoms with E-state index in [0.29, 0.717) is 0 Å². The summed E-state index contributed by atoms with van der Waals surface area (Å²) in [4.78, 5) is 0. The molecule has 0 saturated carbocycles. The summed E-state index contributed by atoms with van der Waals surface area (Å²) in [7, 11) is 0. The lowest BCUT2D eigenvalue weighted by Crippen LogP contribution is -1.79. The SMILES string of the molecule is C[CH]Cc1ccccc1.[AlH3]. The Morgan fingerprint density at radius 2 is 1.80 bits per heavy atom. The van der Waals surface area contributed by atoms with Crippen molar-refractivity contribution >= 4 is 17.4 Å². The lowest BCUT2D eigenvalue weighted by Gasteiger charge is -1.93. The van der Waals surface area contributed by atoms with Gasteiger partial charge in [0, 0.05) is 0 Å². The highest BCUT2D eigenvalue weighted by Crippen LogP contribution is 1.99. The zero-order chi connectivity index (χ0) is 6.53. The summed E-state index contributed by atoms with van der Waals surface area (Å²) >= 11 is 0. The van der Waals surface area contributed by atoms with Gasteiger partial charge in [-0.05, 0) is 18.4 Å². The predicted molar refractivity (Wildman–Crippen MR) is 50.1 cm³/mol. The first kappa shape index (κ1) is 9.75. The van der Waals surface area contributed by atoms with Gasteiger partial charge in [0.2, 0.25) is 0 Å². The van der Waals surface area contributed by atoms with Gasteiger partial charge in [0.15, 0.2) is 17.4 Å². The smallest absolute Gasteiger partial charge is 0.0622 e. The maximum Gasteiger partial charge on any atom is 0.187 e. The van der Waals surface area contributed by atoms with Crippen molar-refractivity contribution < 1.29 is 0 Å². The highest BCUT2D eigenvalue weighted by molar-refractivity contribution is 5.75. The summed E-state index contributed by atoms with van der Waals surface area (Å²) in [6.45, 7) is 2.08. The maximum atomic E-state index is 2.16. The van der Waals surface area contributed by atoms with E-state index in [1.165, 1.54) is 5.56 Å². The minimum absolute atomic E-state index is 0. The lowest BCUT2D eigenvalue weighted by molar-refractivity contribution is 1.14. The third-order valence-electron chi connectivity index (χ3n) is 1.28. The van der Waals surface area contributed by atoms with Gasteiger partial charge in [-0.3, -0.25) is 0 Å². The second-order valence-electron chi connectivity index (χ2n) is 2.10. The average molecular weight is 149 g/mol. The fourth-order valence-corrected chi connectivity index (χ4v) is 0.850.